The molecule has 0 fully saturated rings. The largest absolute Gasteiger partial charge is 0.494 e. The van der Waals surface area contributed by atoms with Gasteiger partial charge in [0.2, 0.25) is 5.75 Å². The Morgan fingerprint density at radius 1 is 0.947 bits per heavy atom. The number of aryl methyl sites for hydroxylation is 2. The summed E-state index contributed by atoms with van der Waals surface area (Å²) in [5.74, 6) is 2.70. The molecule has 0 saturated heterocycles. The number of methoxy groups -OCH3 is 3. The van der Waals surface area contributed by atoms with Gasteiger partial charge in [0, 0.05) is 12.1 Å². The lowest BCUT2D eigenvalue weighted by molar-refractivity contribution is 0.0936. The van der Waals surface area contributed by atoms with Gasteiger partial charge in [0.15, 0.2) is 11.5 Å². The molecule has 0 spiro atoms. The Kier molecular flexibility index (Phi) is 8.73. The third-order valence-corrected chi connectivity index (χ3v) is 6.41. The van der Waals surface area contributed by atoms with E-state index in [0.717, 1.165) is 42.0 Å². The standard InChI is InChI=1S/C30H35N3O5/c1-20-12-14-23(15-13-20)38-17-9-8-16-33-25-11-7-6-10-24(25)32-29(33)21(2)31-30(34)22-18-26(35-3)28(37-5)27(19-22)36-4/h6-7,10-15,18-19,21H,8-9,16-17H2,1-5H3,(H,31,34). The smallest absolute Gasteiger partial charge is 0.252 e. The number of benzene rings is 3. The van der Waals surface area contributed by atoms with Gasteiger partial charge in [-0.05, 0) is 63.1 Å². The minimum absolute atomic E-state index is 0.262. The van der Waals surface area contributed by atoms with Crippen LogP contribution in [-0.4, -0.2) is 43.4 Å². The Labute approximate surface area is 223 Å². The van der Waals surface area contributed by atoms with Crippen LogP contribution in [0.25, 0.3) is 11.0 Å². The van der Waals surface area contributed by atoms with Crippen LogP contribution in [0, 0.1) is 6.92 Å². The third kappa shape index (κ3) is 6.02. The van der Waals surface area contributed by atoms with E-state index in [-0.39, 0.29) is 11.9 Å². The average molecular weight is 518 g/mol. The van der Waals surface area contributed by atoms with Crippen molar-refractivity contribution in [2.24, 2.45) is 0 Å². The van der Waals surface area contributed by atoms with Gasteiger partial charge in [0.25, 0.3) is 5.91 Å². The first-order valence-electron chi connectivity index (χ1n) is 12.7. The first kappa shape index (κ1) is 26.9. The van der Waals surface area contributed by atoms with Crippen LogP contribution in [0.15, 0.2) is 60.7 Å². The number of aromatic nitrogens is 2. The van der Waals surface area contributed by atoms with Gasteiger partial charge in [-0.2, -0.15) is 0 Å². The molecule has 0 saturated carbocycles. The van der Waals surface area contributed by atoms with E-state index in [4.69, 9.17) is 23.9 Å². The number of hydrogen-bond donors (Lipinski definition) is 1. The number of hydrogen-bond acceptors (Lipinski definition) is 6. The van der Waals surface area contributed by atoms with Crippen LogP contribution in [0.2, 0.25) is 0 Å². The lowest BCUT2D eigenvalue weighted by Crippen LogP contribution is -2.29. The third-order valence-electron chi connectivity index (χ3n) is 6.41. The van der Waals surface area contributed by atoms with E-state index in [0.29, 0.717) is 29.4 Å². The van der Waals surface area contributed by atoms with Crippen molar-refractivity contribution in [3.63, 3.8) is 0 Å². The summed E-state index contributed by atoms with van der Waals surface area (Å²) in [4.78, 5) is 18.1. The number of nitrogens with zero attached hydrogens (tertiary/aromatic N) is 2. The van der Waals surface area contributed by atoms with Crippen molar-refractivity contribution in [1.82, 2.24) is 14.9 Å². The molecule has 0 aliphatic carbocycles. The van der Waals surface area contributed by atoms with Crippen LogP contribution in [0.5, 0.6) is 23.0 Å². The number of ether oxygens (including phenoxy) is 4. The van der Waals surface area contributed by atoms with Crippen molar-refractivity contribution in [2.75, 3.05) is 27.9 Å². The van der Waals surface area contributed by atoms with Gasteiger partial charge >= 0.3 is 0 Å². The van der Waals surface area contributed by atoms with Crippen molar-refractivity contribution in [1.29, 1.82) is 0 Å². The fourth-order valence-corrected chi connectivity index (χ4v) is 4.41. The lowest BCUT2D eigenvalue weighted by Gasteiger charge is -2.18. The first-order chi connectivity index (χ1) is 18.4. The maximum absolute atomic E-state index is 13.2. The van der Waals surface area contributed by atoms with Crippen LogP contribution in [0.1, 0.15) is 47.6 Å². The van der Waals surface area contributed by atoms with E-state index in [1.165, 1.54) is 26.9 Å². The molecular weight excluding hydrogens is 482 g/mol. The van der Waals surface area contributed by atoms with E-state index in [1.54, 1.807) is 12.1 Å². The highest BCUT2D eigenvalue weighted by atomic mass is 16.5. The van der Waals surface area contributed by atoms with Gasteiger partial charge in [-0.15, -0.1) is 0 Å². The molecule has 38 heavy (non-hydrogen) atoms. The topological polar surface area (TPSA) is 83.8 Å². The summed E-state index contributed by atoms with van der Waals surface area (Å²) < 4.78 is 24.3. The van der Waals surface area contributed by atoms with Gasteiger partial charge in [-0.25, -0.2) is 4.98 Å². The van der Waals surface area contributed by atoms with Crippen LogP contribution < -0.4 is 24.3 Å². The summed E-state index contributed by atoms with van der Waals surface area (Å²) in [6.45, 7) is 5.40. The summed E-state index contributed by atoms with van der Waals surface area (Å²) in [6.07, 6.45) is 1.80. The van der Waals surface area contributed by atoms with E-state index in [9.17, 15) is 4.79 Å². The molecule has 8 nitrogen and oxygen atoms in total. The molecule has 1 amide bonds. The minimum Gasteiger partial charge on any atom is -0.494 e. The molecule has 8 heteroatoms. The predicted octanol–water partition coefficient (Wildman–Crippen LogP) is 5.72. The summed E-state index contributed by atoms with van der Waals surface area (Å²) in [5, 5.41) is 3.08. The average Bonchev–Trinajstić information content (AvgIpc) is 3.31. The Morgan fingerprint density at radius 2 is 1.63 bits per heavy atom. The van der Waals surface area contributed by atoms with Crippen molar-refractivity contribution < 1.29 is 23.7 Å². The normalized spacial score (nSPS) is 11.7. The molecule has 1 aromatic heterocycles. The van der Waals surface area contributed by atoms with Crippen molar-refractivity contribution in [3.8, 4) is 23.0 Å². The van der Waals surface area contributed by atoms with Crippen LogP contribution >= 0.6 is 0 Å². The number of fused-ring (bicyclic) bond motifs is 1. The van der Waals surface area contributed by atoms with Gasteiger partial charge in [0.05, 0.1) is 45.0 Å². The highest BCUT2D eigenvalue weighted by Crippen LogP contribution is 2.38. The fraction of sp³-hybridized carbons (Fsp3) is 0.333. The van der Waals surface area contributed by atoms with Crippen molar-refractivity contribution in [2.45, 2.75) is 39.3 Å². The van der Waals surface area contributed by atoms with Crippen molar-refractivity contribution in [3.05, 3.63) is 77.6 Å². The van der Waals surface area contributed by atoms with E-state index >= 15 is 0 Å². The molecule has 1 atom stereocenters. The summed E-state index contributed by atoms with van der Waals surface area (Å²) >= 11 is 0. The molecule has 200 valence electrons. The molecule has 3 aromatic carbocycles. The molecule has 0 aliphatic rings. The zero-order chi connectivity index (χ0) is 27.1. The lowest BCUT2D eigenvalue weighted by atomic mass is 10.1. The Hall–Kier alpha value is -4.20. The first-order valence-corrected chi connectivity index (χ1v) is 12.7. The van der Waals surface area contributed by atoms with Gasteiger partial charge in [-0.1, -0.05) is 29.8 Å². The monoisotopic (exact) mass is 517 g/mol. The number of carbonyl (C=O) groups is 1. The second-order valence-corrected chi connectivity index (χ2v) is 9.09. The highest BCUT2D eigenvalue weighted by Gasteiger charge is 2.21. The molecule has 1 heterocycles. The Bertz CT molecular complexity index is 1360. The summed E-state index contributed by atoms with van der Waals surface area (Å²) in [5.41, 5.74) is 3.55. The second-order valence-electron chi connectivity index (χ2n) is 9.09. The van der Waals surface area contributed by atoms with Crippen LogP contribution in [0.4, 0.5) is 0 Å². The number of rotatable bonds is 12. The molecule has 1 N–H and O–H groups in total. The molecule has 0 bridgehead atoms. The quantitative estimate of drug-likeness (QED) is 0.242. The Morgan fingerprint density at radius 3 is 2.29 bits per heavy atom. The molecule has 0 radical (unpaired) electrons. The number of para-hydroxylation sites is 2. The van der Waals surface area contributed by atoms with E-state index in [2.05, 4.69) is 22.9 Å². The molecular formula is C30H35N3O5. The fourth-order valence-electron chi connectivity index (χ4n) is 4.41. The number of carbonyl (C=O) groups excluding carboxylic acids is 1. The SMILES string of the molecule is COc1cc(C(=O)NC(C)c2nc3ccccc3n2CCCCOc2ccc(C)cc2)cc(OC)c1OC. The van der Waals surface area contributed by atoms with Crippen molar-refractivity contribution >= 4 is 16.9 Å². The maximum Gasteiger partial charge on any atom is 0.252 e. The molecule has 0 aliphatic heterocycles. The molecule has 4 aromatic rings. The van der Waals surface area contributed by atoms with E-state index in [1.807, 2.05) is 49.4 Å². The Balaban J connectivity index is 1.47. The number of nitrogens with one attached hydrogen (secondary N) is 1. The predicted molar refractivity (Wildman–Crippen MR) is 148 cm³/mol. The van der Waals surface area contributed by atoms with Gasteiger partial charge in [-0.3, -0.25) is 4.79 Å². The zero-order valence-corrected chi connectivity index (χ0v) is 22.6. The summed E-state index contributed by atoms with van der Waals surface area (Å²) in [6, 6.07) is 19.1. The molecule has 4 rings (SSSR count). The number of unbranched alkanes of at least 4 members (excludes halogenated alkanes) is 1. The van der Waals surface area contributed by atoms with Gasteiger partial charge < -0.3 is 28.8 Å². The summed E-state index contributed by atoms with van der Waals surface area (Å²) in [7, 11) is 4.58. The second kappa shape index (κ2) is 12.4. The zero-order valence-electron chi connectivity index (χ0n) is 22.6. The van der Waals surface area contributed by atoms with Gasteiger partial charge in [0.1, 0.15) is 11.6 Å². The van der Waals surface area contributed by atoms with Crippen LogP contribution in [0.3, 0.4) is 0 Å². The highest BCUT2D eigenvalue weighted by molar-refractivity contribution is 5.96. The number of amides is 1. The van der Waals surface area contributed by atoms with E-state index < -0.39 is 0 Å². The maximum atomic E-state index is 13.2. The van der Waals surface area contributed by atoms with Crippen LogP contribution in [-0.2, 0) is 6.54 Å². The number of imidazole rings is 1. The molecule has 1 unspecified atom stereocenters. The minimum atomic E-state index is -0.335.